The molecule has 1 unspecified atom stereocenters. The van der Waals surface area contributed by atoms with Gasteiger partial charge in [0.2, 0.25) is 0 Å². The molecule has 1 aromatic carbocycles. The van der Waals surface area contributed by atoms with E-state index >= 15 is 0 Å². The van der Waals surface area contributed by atoms with Crippen LogP contribution in [0.25, 0.3) is 0 Å². The molecule has 0 aliphatic heterocycles. The average molecular weight is 287 g/mol. The number of hydrogen-bond donors (Lipinski definition) is 1. The minimum Gasteiger partial charge on any atom is -0.368 e. The standard InChI is InChI=1S/C18H29N3/c1-5-8-11-21(15(4)6-2)18-10-9-16(14-20-7-3)12-17(18)13-19/h9-10,12,15,20H,5-8,11,14H2,1-4H3. The van der Waals surface area contributed by atoms with E-state index in [0.717, 1.165) is 43.7 Å². The summed E-state index contributed by atoms with van der Waals surface area (Å²) in [5.74, 6) is 0. The van der Waals surface area contributed by atoms with Crippen LogP contribution in [0.1, 0.15) is 58.1 Å². The molecule has 1 aromatic rings. The Morgan fingerprint density at radius 2 is 2.05 bits per heavy atom. The van der Waals surface area contributed by atoms with E-state index in [1.165, 1.54) is 12.0 Å². The van der Waals surface area contributed by atoms with Gasteiger partial charge in [0.05, 0.1) is 11.3 Å². The Bertz CT molecular complexity index is 462. The number of nitrogens with zero attached hydrogens (tertiary/aromatic N) is 2. The summed E-state index contributed by atoms with van der Waals surface area (Å²) < 4.78 is 0. The van der Waals surface area contributed by atoms with E-state index in [4.69, 9.17) is 0 Å². The molecule has 0 bridgehead atoms. The van der Waals surface area contributed by atoms with Gasteiger partial charge in [-0.25, -0.2) is 0 Å². The fraction of sp³-hybridized carbons (Fsp3) is 0.611. The molecule has 0 saturated heterocycles. The van der Waals surface area contributed by atoms with Crippen LogP contribution in [0, 0.1) is 11.3 Å². The van der Waals surface area contributed by atoms with Crippen molar-refractivity contribution in [2.75, 3.05) is 18.0 Å². The van der Waals surface area contributed by atoms with Crippen molar-refractivity contribution in [3.8, 4) is 6.07 Å². The van der Waals surface area contributed by atoms with Crippen LogP contribution in [-0.4, -0.2) is 19.1 Å². The van der Waals surface area contributed by atoms with Crippen LogP contribution >= 0.6 is 0 Å². The molecule has 0 aromatic heterocycles. The van der Waals surface area contributed by atoms with Gasteiger partial charge in [-0.2, -0.15) is 5.26 Å². The van der Waals surface area contributed by atoms with Crippen molar-refractivity contribution in [3.63, 3.8) is 0 Å². The lowest BCUT2D eigenvalue weighted by atomic mass is 10.1. The van der Waals surface area contributed by atoms with E-state index in [-0.39, 0.29) is 0 Å². The van der Waals surface area contributed by atoms with E-state index in [2.05, 4.69) is 56.1 Å². The van der Waals surface area contributed by atoms with Gasteiger partial charge in [0.25, 0.3) is 0 Å². The van der Waals surface area contributed by atoms with Gasteiger partial charge in [0.1, 0.15) is 6.07 Å². The summed E-state index contributed by atoms with van der Waals surface area (Å²) in [4.78, 5) is 2.39. The maximum Gasteiger partial charge on any atom is 0.101 e. The maximum absolute atomic E-state index is 9.50. The summed E-state index contributed by atoms with van der Waals surface area (Å²) in [6.45, 7) is 11.5. The molecular weight excluding hydrogens is 258 g/mol. The zero-order valence-corrected chi connectivity index (χ0v) is 13.9. The molecule has 1 N–H and O–H groups in total. The minimum absolute atomic E-state index is 0.461. The van der Waals surface area contributed by atoms with Gasteiger partial charge in [0, 0.05) is 19.1 Å². The van der Waals surface area contributed by atoms with Crippen LogP contribution in [-0.2, 0) is 6.54 Å². The Balaban J connectivity index is 3.04. The molecule has 0 aliphatic rings. The molecule has 0 saturated carbocycles. The average Bonchev–Trinajstić information content (AvgIpc) is 2.53. The third kappa shape index (κ3) is 5.06. The Hall–Kier alpha value is -1.53. The van der Waals surface area contributed by atoms with Gasteiger partial charge in [-0.15, -0.1) is 0 Å². The Kier molecular flexibility index (Phi) is 7.85. The lowest BCUT2D eigenvalue weighted by Gasteiger charge is -2.31. The van der Waals surface area contributed by atoms with Gasteiger partial charge in [-0.05, 0) is 44.0 Å². The van der Waals surface area contributed by atoms with Gasteiger partial charge in [-0.3, -0.25) is 0 Å². The van der Waals surface area contributed by atoms with E-state index in [1.54, 1.807) is 0 Å². The first-order valence-electron chi connectivity index (χ1n) is 8.18. The third-order valence-corrected chi connectivity index (χ3v) is 3.95. The molecule has 116 valence electrons. The van der Waals surface area contributed by atoms with Crippen LogP contribution in [0.4, 0.5) is 5.69 Å². The molecule has 3 heteroatoms. The van der Waals surface area contributed by atoms with Crippen molar-refractivity contribution in [2.24, 2.45) is 0 Å². The quantitative estimate of drug-likeness (QED) is 0.744. The van der Waals surface area contributed by atoms with Crippen molar-refractivity contribution in [2.45, 2.75) is 59.5 Å². The van der Waals surface area contributed by atoms with Crippen LogP contribution in [0.15, 0.2) is 18.2 Å². The highest BCUT2D eigenvalue weighted by molar-refractivity contribution is 5.61. The minimum atomic E-state index is 0.461. The molecule has 1 atom stereocenters. The van der Waals surface area contributed by atoms with Crippen molar-refractivity contribution in [1.82, 2.24) is 5.32 Å². The molecule has 21 heavy (non-hydrogen) atoms. The van der Waals surface area contributed by atoms with Crippen LogP contribution < -0.4 is 10.2 Å². The summed E-state index contributed by atoms with van der Waals surface area (Å²) in [6.07, 6.45) is 3.43. The number of nitrogens with one attached hydrogen (secondary N) is 1. The zero-order valence-electron chi connectivity index (χ0n) is 13.9. The summed E-state index contributed by atoms with van der Waals surface area (Å²) in [5.41, 5.74) is 3.05. The number of anilines is 1. The molecule has 0 spiro atoms. The summed E-state index contributed by atoms with van der Waals surface area (Å²) in [7, 11) is 0. The van der Waals surface area contributed by atoms with Crippen molar-refractivity contribution in [1.29, 1.82) is 5.26 Å². The van der Waals surface area contributed by atoms with E-state index < -0.39 is 0 Å². The van der Waals surface area contributed by atoms with E-state index in [1.807, 2.05) is 6.07 Å². The highest BCUT2D eigenvalue weighted by Gasteiger charge is 2.16. The first-order chi connectivity index (χ1) is 10.2. The second kappa shape index (κ2) is 9.41. The molecule has 0 fully saturated rings. The third-order valence-electron chi connectivity index (χ3n) is 3.95. The predicted octanol–water partition coefficient (Wildman–Crippen LogP) is 4.07. The second-order valence-corrected chi connectivity index (χ2v) is 5.55. The molecule has 1 rings (SSSR count). The Morgan fingerprint density at radius 1 is 1.29 bits per heavy atom. The lowest BCUT2D eigenvalue weighted by molar-refractivity contribution is 0.595. The second-order valence-electron chi connectivity index (χ2n) is 5.55. The van der Waals surface area contributed by atoms with Gasteiger partial charge in [0.15, 0.2) is 0 Å². The van der Waals surface area contributed by atoms with Gasteiger partial charge >= 0.3 is 0 Å². The summed E-state index contributed by atoms with van der Waals surface area (Å²) in [6, 6.07) is 9.12. The molecular formula is C18H29N3. The number of benzene rings is 1. The van der Waals surface area contributed by atoms with Crippen LogP contribution in [0.3, 0.4) is 0 Å². The fourth-order valence-electron chi connectivity index (χ4n) is 2.43. The smallest absolute Gasteiger partial charge is 0.101 e. The molecule has 0 radical (unpaired) electrons. The first kappa shape index (κ1) is 17.5. The first-order valence-corrected chi connectivity index (χ1v) is 8.18. The largest absolute Gasteiger partial charge is 0.368 e. The summed E-state index contributed by atoms with van der Waals surface area (Å²) in [5, 5.41) is 12.8. The molecule has 0 amide bonds. The number of hydrogen-bond acceptors (Lipinski definition) is 3. The lowest BCUT2D eigenvalue weighted by Crippen LogP contribution is -2.34. The SMILES string of the molecule is CCCCN(c1ccc(CNCC)cc1C#N)C(C)CC. The normalized spacial score (nSPS) is 12.0. The number of rotatable bonds is 9. The number of unbranched alkanes of at least 4 members (excludes halogenated alkanes) is 1. The molecule has 3 nitrogen and oxygen atoms in total. The predicted molar refractivity (Wildman–Crippen MR) is 90.5 cm³/mol. The highest BCUT2D eigenvalue weighted by atomic mass is 15.2. The van der Waals surface area contributed by atoms with Crippen molar-refractivity contribution >= 4 is 5.69 Å². The van der Waals surface area contributed by atoms with Crippen LogP contribution in [0.2, 0.25) is 0 Å². The summed E-state index contributed by atoms with van der Waals surface area (Å²) >= 11 is 0. The van der Waals surface area contributed by atoms with E-state index in [0.29, 0.717) is 6.04 Å². The van der Waals surface area contributed by atoms with E-state index in [9.17, 15) is 5.26 Å². The number of nitriles is 1. The highest BCUT2D eigenvalue weighted by Crippen LogP contribution is 2.25. The van der Waals surface area contributed by atoms with Crippen molar-refractivity contribution < 1.29 is 0 Å². The van der Waals surface area contributed by atoms with Gasteiger partial charge < -0.3 is 10.2 Å². The fourth-order valence-corrected chi connectivity index (χ4v) is 2.43. The maximum atomic E-state index is 9.50. The topological polar surface area (TPSA) is 39.1 Å². The van der Waals surface area contributed by atoms with Crippen LogP contribution in [0.5, 0.6) is 0 Å². The Labute approximate surface area is 130 Å². The Morgan fingerprint density at radius 3 is 2.62 bits per heavy atom. The molecule has 0 heterocycles. The van der Waals surface area contributed by atoms with Gasteiger partial charge in [-0.1, -0.05) is 33.3 Å². The zero-order chi connectivity index (χ0) is 15.7. The van der Waals surface area contributed by atoms with Crippen molar-refractivity contribution in [3.05, 3.63) is 29.3 Å². The monoisotopic (exact) mass is 287 g/mol. The molecule has 0 aliphatic carbocycles.